The molecule has 0 bridgehead atoms. The van der Waals surface area contributed by atoms with Gasteiger partial charge < -0.3 is 11.1 Å². The molecule has 3 nitrogen and oxygen atoms in total. The van der Waals surface area contributed by atoms with Crippen molar-refractivity contribution in [3.8, 4) is 0 Å². The molecule has 0 spiro atoms. The van der Waals surface area contributed by atoms with Crippen molar-refractivity contribution in [1.82, 2.24) is 5.32 Å². The third kappa shape index (κ3) is 3.57. The van der Waals surface area contributed by atoms with Crippen LogP contribution >= 0.6 is 0 Å². The lowest BCUT2D eigenvalue weighted by Crippen LogP contribution is -2.40. The van der Waals surface area contributed by atoms with E-state index < -0.39 is 0 Å². The van der Waals surface area contributed by atoms with Gasteiger partial charge in [0.1, 0.15) is 0 Å². The highest BCUT2D eigenvalue weighted by Gasteiger charge is 2.18. The van der Waals surface area contributed by atoms with Crippen molar-refractivity contribution in [1.29, 1.82) is 0 Å². The van der Waals surface area contributed by atoms with Gasteiger partial charge in [0.2, 0.25) is 5.91 Å². The Kier molecular flexibility index (Phi) is 4.91. The molecule has 0 atom stereocenters. The second-order valence-corrected chi connectivity index (χ2v) is 5.13. The summed E-state index contributed by atoms with van der Waals surface area (Å²) in [6.45, 7) is 9.46. The summed E-state index contributed by atoms with van der Waals surface area (Å²) in [7, 11) is 0. The highest BCUT2D eigenvalue weighted by Crippen LogP contribution is 2.16. The van der Waals surface area contributed by atoms with E-state index in [1.165, 1.54) is 5.56 Å². The predicted octanol–water partition coefficient (Wildman–Crippen LogP) is 2.76. The molecule has 0 radical (unpaired) electrons. The minimum absolute atomic E-state index is 0.175. The molecule has 0 aliphatic carbocycles. The molecule has 0 aliphatic heterocycles. The lowest BCUT2D eigenvalue weighted by molar-refractivity contribution is 0.1000. The first-order valence-electron chi connectivity index (χ1n) is 6.56. The number of benzene rings is 1. The van der Waals surface area contributed by atoms with Crippen LogP contribution in [0.25, 0.3) is 0 Å². The zero-order valence-corrected chi connectivity index (χ0v) is 11.8. The summed E-state index contributed by atoms with van der Waals surface area (Å²) in [5.41, 5.74) is 8.33. The van der Waals surface area contributed by atoms with E-state index >= 15 is 0 Å². The predicted molar refractivity (Wildman–Crippen MR) is 75.5 cm³/mol. The Morgan fingerprint density at radius 1 is 1.33 bits per heavy atom. The van der Waals surface area contributed by atoms with Crippen LogP contribution in [-0.2, 0) is 6.54 Å². The third-order valence-corrected chi connectivity index (χ3v) is 3.89. The van der Waals surface area contributed by atoms with Gasteiger partial charge in [0.15, 0.2) is 0 Å². The van der Waals surface area contributed by atoms with Gasteiger partial charge in [-0.25, -0.2) is 0 Å². The first-order valence-corrected chi connectivity index (χ1v) is 6.56. The minimum atomic E-state index is -0.371. The number of nitrogens with one attached hydrogen (secondary N) is 1. The SMILES string of the molecule is CCC(C)(CC)NCc1ccc(C(N)=O)cc1C. The number of rotatable bonds is 6. The lowest BCUT2D eigenvalue weighted by atomic mass is 9.94. The van der Waals surface area contributed by atoms with Gasteiger partial charge >= 0.3 is 0 Å². The fraction of sp³-hybridized carbons (Fsp3) is 0.533. The standard InChI is InChI=1S/C15H24N2O/c1-5-15(4,6-2)17-10-13-8-7-12(14(16)18)9-11(13)3/h7-9,17H,5-6,10H2,1-4H3,(H2,16,18). The molecule has 100 valence electrons. The molecule has 3 heteroatoms. The Morgan fingerprint density at radius 3 is 2.39 bits per heavy atom. The number of primary amides is 1. The van der Waals surface area contributed by atoms with Crippen molar-refractivity contribution < 1.29 is 4.79 Å². The Labute approximate surface area is 110 Å². The molecule has 0 fully saturated rings. The number of carbonyl (C=O) groups excluding carboxylic acids is 1. The number of amides is 1. The Morgan fingerprint density at radius 2 is 1.94 bits per heavy atom. The number of nitrogens with two attached hydrogens (primary N) is 1. The number of hydrogen-bond donors (Lipinski definition) is 2. The van der Waals surface area contributed by atoms with Crippen LogP contribution in [0.1, 0.15) is 55.1 Å². The first kappa shape index (κ1) is 14.7. The smallest absolute Gasteiger partial charge is 0.248 e. The van der Waals surface area contributed by atoms with Gasteiger partial charge in [0, 0.05) is 17.6 Å². The molecule has 0 heterocycles. The molecule has 0 saturated heterocycles. The monoisotopic (exact) mass is 248 g/mol. The van der Waals surface area contributed by atoms with Gasteiger partial charge in [-0.2, -0.15) is 0 Å². The van der Waals surface area contributed by atoms with Crippen LogP contribution in [0, 0.1) is 6.92 Å². The lowest BCUT2D eigenvalue weighted by Gasteiger charge is -2.28. The van der Waals surface area contributed by atoms with Crippen molar-refractivity contribution in [2.24, 2.45) is 5.73 Å². The summed E-state index contributed by atoms with van der Waals surface area (Å²) in [6.07, 6.45) is 2.20. The van der Waals surface area contributed by atoms with Crippen molar-refractivity contribution in [2.45, 2.75) is 52.6 Å². The van der Waals surface area contributed by atoms with Crippen molar-refractivity contribution in [2.75, 3.05) is 0 Å². The average Bonchev–Trinajstić information content (AvgIpc) is 2.36. The molecule has 0 aromatic heterocycles. The quantitative estimate of drug-likeness (QED) is 0.813. The van der Waals surface area contributed by atoms with E-state index in [0.29, 0.717) is 5.56 Å². The summed E-state index contributed by atoms with van der Waals surface area (Å²) >= 11 is 0. The van der Waals surface area contributed by atoms with Crippen molar-refractivity contribution in [3.63, 3.8) is 0 Å². The van der Waals surface area contributed by atoms with E-state index in [1.807, 2.05) is 19.1 Å². The number of hydrogen-bond acceptors (Lipinski definition) is 2. The van der Waals surface area contributed by atoms with Crippen molar-refractivity contribution >= 4 is 5.91 Å². The highest BCUT2D eigenvalue weighted by atomic mass is 16.1. The molecule has 0 unspecified atom stereocenters. The molecule has 18 heavy (non-hydrogen) atoms. The summed E-state index contributed by atoms with van der Waals surface area (Å²) in [5.74, 6) is -0.371. The summed E-state index contributed by atoms with van der Waals surface area (Å²) in [4.78, 5) is 11.1. The molecule has 3 N–H and O–H groups in total. The molecular weight excluding hydrogens is 224 g/mol. The van der Waals surface area contributed by atoms with Crippen LogP contribution in [0.2, 0.25) is 0 Å². The molecule has 0 aliphatic rings. The Balaban J connectivity index is 2.77. The summed E-state index contributed by atoms with van der Waals surface area (Å²) in [5, 5.41) is 3.59. The maximum Gasteiger partial charge on any atom is 0.248 e. The molecule has 1 amide bonds. The van der Waals surface area contributed by atoms with Crippen LogP contribution < -0.4 is 11.1 Å². The second kappa shape index (κ2) is 6.01. The Hall–Kier alpha value is -1.35. The fourth-order valence-electron chi connectivity index (χ4n) is 1.86. The van der Waals surface area contributed by atoms with Gasteiger partial charge in [-0.3, -0.25) is 4.79 Å². The topological polar surface area (TPSA) is 55.1 Å². The second-order valence-electron chi connectivity index (χ2n) is 5.13. The minimum Gasteiger partial charge on any atom is -0.366 e. The molecule has 1 rings (SSSR count). The van der Waals surface area contributed by atoms with E-state index in [0.717, 1.165) is 24.9 Å². The third-order valence-electron chi connectivity index (χ3n) is 3.89. The Bertz CT molecular complexity index is 423. The maximum atomic E-state index is 11.1. The van der Waals surface area contributed by atoms with Gasteiger partial charge in [0.05, 0.1) is 0 Å². The first-order chi connectivity index (χ1) is 8.41. The normalized spacial score (nSPS) is 11.6. The number of aryl methyl sites for hydroxylation is 1. The van der Waals surface area contributed by atoms with E-state index in [9.17, 15) is 4.79 Å². The average molecular weight is 248 g/mol. The molecule has 0 saturated carbocycles. The van der Waals surface area contributed by atoms with E-state index in [1.54, 1.807) is 6.07 Å². The van der Waals surface area contributed by atoms with Crippen molar-refractivity contribution in [3.05, 3.63) is 34.9 Å². The maximum absolute atomic E-state index is 11.1. The fourth-order valence-corrected chi connectivity index (χ4v) is 1.86. The largest absolute Gasteiger partial charge is 0.366 e. The highest BCUT2D eigenvalue weighted by molar-refractivity contribution is 5.93. The zero-order valence-electron chi connectivity index (χ0n) is 11.8. The van der Waals surface area contributed by atoms with E-state index in [2.05, 4.69) is 26.1 Å². The molecular formula is C15H24N2O. The van der Waals surface area contributed by atoms with E-state index in [-0.39, 0.29) is 11.4 Å². The summed E-state index contributed by atoms with van der Waals surface area (Å²) < 4.78 is 0. The number of carbonyl (C=O) groups is 1. The molecule has 1 aromatic carbocycles. The summed E-state index contributed by atoms with van der Waals surface area (Å²) in [6, 6.07) is 5.63. The van der Waals surface area contributed by atoms with Gasteiger partial charge in [0.25, 0.3) is 0 Å². The van der Waals surface area contributed by atoms with Crippen LogP contribution in [0.5, 0.6) is 0 Å². The van der Waals surface area contributed by atoms with Crippen LogP contribution in [0.3, 0.4) is 0 Å². The van der Waals surface area contributed by atoms with Gasteiger partial charge in [-0.05, 0) is 49.9 Å². The van der Waals surface area contributed by atoms with Crippen LogP contribution in [0.4, 0.5) is 0 Å². The van der Waals surface area contributed by atoms with Crippen LogP contribution in [-0.4, -0.2) is 11.4 Å². The van der Waals surface area contributed by atoms with Gasteiger partial charge in [-0.1, -0.05) is 19.9 Å². The zero-order chi connectivity index (χ0) is 13.8. The van der Waals surface area contributed by atoms with Gasteiger partial charge in [-0.15, -0.1) is 0 Å². The van der Waals surface area contributed by atoms with Crippen LogP contribution in [0.15, 0.2) is 18.2 Å². The van der Waals surface area contributed by atoms with E-state index in [4.69, 9.17) is 5.73 Å². The molecule has 1 aromatic rings.